The van der Waals surface area contributed by atoms with Crippen molar-refractivity contribution in [3.8, 4) is 11.1 Å². The van der Waals surface area contributed by atoms with Crippen LogP contribution in [0.5, 0.6) is 0 Å². The fourth-order valence-electron chi connectivity index (χ4n) is 2.03. The van der Waals surface area contributed by atoms with Crippen molar-refractivity contribution < 1.29 is 4.79 Å². The average Bonchev–Trinajstić information content (AvgIpc) is 2.94. The Morgan fingerprint density at radius 2 is 1.50 bits per heavy atom. The summed E-state index contributed by atoms with van der Waals surface area (Å²) in [6, 6.07) is 19.8. The molecule has 98 valence electrons. The van der Waals surface area contributed by atoms with Gasteiger partial charge in [0, 0.05) is 10.0 Å². The van der Waals surface area contributed by atoms with Gasteiger partial charge in [0.15, 0.2) is 0 Å². The van der Waals surface area contributed by atoms with E-state index in [4.69, 9.17) is 0 Å². The summed E-state index contributed by atoms with van der Waals surface area (Å²) in [6.07, 6.45) is 0. The average molecular weight is 343 g/mol. The number of carbonyl (C=O) groups excluding carboxylic acids is 1. The van der Waals surface area contributed by atoms with Crippen molar-refractivity contribution in [3.63, 3.8) is 0 Å². The van der Waals surface area contributed by atoms with Crippen molar-refractivity contribution in [2.45, 2.75) is 0 Å². The van der Waals surface area contributed by atoms with Crippen LogP contribution in [0, 0.1) is 0 Å². The zero-order chi connectivity index (χ0) is 13.9. The Morgan fingerprint density at radius 3 is 2.10 bits per heavy atom. The zero-order valence-electron chi connectivity index (χ0n) is 10.5. The van der Waals surface area contributed by atoms with Crippen LogP contribution in [0.1, 0.15) is 15.2 Å². The molecule has 3 heteroatoms. The van der Waals surface area contributed by atoms with Crippen LogP contribution in [0.15, 0.2) is 70.5 Å². The van der Waals surface area contributed by atoms with Gasteiger partial charge in [0.05, 0.1) is 4.88 Å². The second-order valence-electron chi connectivity index (χ2n) is 4.37. The number of thiophene rings is 1. The van der Waals surface area contributed by atoms with Gasteiger partial charge < -0.3 is 0 Å². The van der Waals surface area contributed by atoms with E-state index in [0.29, 0.717) is 5.56 Å². The lowest BCUT2D eigenvalue weighted by Gasteiger charge is -2.03. The van der Waals surface area contributed by atoms with Crippen molar-refractivity contribution in [1.29, 1.82) is 0 Å². The quantitative estimate of drug-likeness (QED) is 0.581. The van der Waals surface area contributed by atoms with E-state index in [1.165, 1.54) is 11.3 Å². The molecule has 0 unspecified atom stereocenters. The summed E-state index contributed by atoms with van der Waals surface area (Å²) in [4.78, 5) is 13.1. The first kappa shape index (κ1) is 13.3. The minimum absolute atomic E-state index is 0.0616. The van der Waals surface area contributed by atoms with E-state index in [1.54, 1.807) is 0 Å². The molecule has 0 aliphatic rings. The molecule has 3 rings (SSSR count). The molecule has 20 heavy (non-hydrogen) atoms. The standard InChI is InChI=1S/C17H11BrOS/c18-15-10-11-20-17(15)16(19)14-8-6-13(7-9-14)12-4-2-1-3-5-12/h1-11H. The van der Waals surface area contributed by atoms with E-state index in [0.717, 1.165) is 20.5 Å². The third kappa shape index (κ3) is 2.60. The maximum absolute atomic E-state index is 12.4. The molecule has 0 saturated carbocycles. The van der Waals surface area contributed by atoms with E-state index in [2.05, 4.69) is 28.1 Å². The minimum Gasteiger partial charge on any atom is -0.288 e. The van der Waals surface area contributed by atoms with Crippen molar-refractivity contribution in [2.24, 2.45) is 0 Å². The number of halogens is 1. The third-order valence-corrected chi connectivity index (χ3v) is 4.91. The molecule has 0 saturated heterocycles. The lowest BCUT2D eigenvalue weighted by atomic mass is 10.0. The van der Waals surface area contributed by atoms with Gasteiger partial charge in [-0.2, -0.15) is 0 Å². The fraction of sp³-hybridized carbons (Fsp3) is 0. The highest BCUT2D eigenvalue weighted by Crippen LogP contribution is 2.26. The van der Waals surface area contributed by atoms with Crippen LogP contribution < -0.4 is 0 Å². The van der Waals surface area contributed by atoms with E-state index in [-0.39, 0.29) is 5.78 Å². The zero-order valence-corrected chi connectivity index (χ0v) is 12.9. The van der Waals surface area contributed by atoms with E-state index >= 15 is 0 Å². The van der Waals surface area contributed by atoms with E-state index < -0.39 is 0 Å². The first-order chi connectivity index (χ1) is 9.75. The third-order valence-electron chi connectivity index (χ3n) is 3.08. The molecule has 1 nitrogen and oxygen atoms in total. The molecular formula is C17H11BrOS. The molecule has 0 bridgehead atoms. The highest BCUT2D eigenvalue weighted by molar-refractivity contribution is 9.10. The summed E-state index contributed by atoms with van der Waals surface area (Å²) >= 11 is 4.86. The summed E-state index contributed by atoms with van der Waals surface area (Å²) in [5.41, 5.74) is 2.99. The Balaban J connectivity index is 1.91. The summed E-state index contributed by atoms with van der Waals surface area (Å²) in [5, 5.41) is 1.91. The van der Waals surface area contributed by atoms with Gasteiger partial charge >= 0.3 is 0 Å². The van der Waals surface area contributed by atoms with Gasteiger partial charge in [0.1, 0.15) is 0 Å². The summed E-state index contributed by atoms with van der Waals surface area (Å²) in [5.74, 6) is 0.0616. The number of carbonyl (C=O) groups is 1. The van der Waals surface area contributed by atoms with Gasteiger partial charge in [-0.15, -0.1) is 11.3 Å². The highest BCUT2D eigenvalue weighted by Gasteiger charge is 2.13. The molecule has 3 aromatic rings. The monoisotopic (exact) mass is 342 g/mol. The minimum atomic E-state index is 0.0616. The topological polar surface area (TPSA) is 17.1 Å². The summed E-state index contributed by atoms with van der Waals surface area (Å²) in [6.45, 7) is 0. The first-order valence-electron chi connectivity index (χ1n) is 6.19. The molecule has 1 heterocycles. The van der Waals surface area contributed by atoms with Crippen molar-refractivity contribution in [2.75, 3.05) is 0 Å². The van der Waals surface area contributed by atoms with Gasteiger partial charge in [0.2, 0.25) is 5.78 Å². The van der Waals surface area contributed by atoms with E-state index in [1.807, 2.05) is 53.9 Å². The highest BCUT2D eigenvalue weighted by atomic mass is 79.9. The van der Waals surface area contributed by atoms with Crippen LogP contribution in [0.2, 0.25) is 0 Å². The number of rotatable bonds is 3. The second-order valence-corrected chi connectivity index (χ2v) is 6.14. The number of hydrogen-bond acceptors (Lipinski definition) is 2. The van der Waals surface area contributed by atoms with Gasteiger partial charge in [0.25, 0.3) is 0 Å². The van der Waals surface area contributed by atoms with Crippen LogP contribution in [-0.4, -0.2) is 5.78 Å². The molecule has 0 spiro atoms. The molecule has 1 aromatic heterocycles. The Kier molecular flexibility index (Phi) is 3.81. The Labute approximate surface area is 130 Å². The lowest BCUT2D eigenvalue weighted by molar-refractivity contribution is 0.104. The molecule has 0 atom stereocenters. The fourth-order valence-corrected chi connectivity index (χ4v) is 3.54. The molecule has 0 fully saturated rings. The molecule has 0 N–H and O–H groups in total. The molecule has 0 amide bonds. The van der Waals surface area contributed by atoms with Gasteiger partial charge in [-0.1, -0.05) is 54.6 Å². The smallest absolute Gasteiger partial charge is 0.204 e. The van der Waals surface area contributed by atoms with Crippen molar-refractivity contribution in [1.82, 2.24) is 0 Å². The SMILES string of the molecule is O=C(c1ccc(-c2ccccc2)cc1)c1sccc1Br. The predicted molar refractivity (Wildman–Crippen MR) is 87.3 cm³/mol. The van der Waals surface area contributed by atoms with Crippen molar-refractivity contribution >= 4 is 33.0 Å². The normalized spacial score (nSPS) is 10.4. The largest absolute Gasteiger partial charge is 0.288 e. The Morgan fingerprint density at radius 1 is 0.850 bits per heavy atom. The molecule has 2 aromatic carbocycles. The summed E-state index contributed by atoms with van der Waals surface area (Å²) in [7, 11) is 0. The summed E-state index contributed by atoms with van der Waals surface area (Å²) < 4.78 is 0.861. The lowest BCUT2D eigenvalue weighted by Crippen LogP contribution is -1.98. The van der Waals surface area contributed by atoms with Crippen LogP contribution in [0.3, 0.4) is 0 Å². The van der Waals surface area contributed by atoms with Gasteiger partial charge in [-0.3, -0.25) is 4.79 Å². The van der Waals surface area contributed by atoms with Crippen LogP contribution in [-0.2, 0) is 0 Å². The molecule has 0 radical (unpaired) electrons. The van der Waals surface area contributed by atoms with Crippen LogP contribution in [0.25, 0.3) is 11.1 Å². The second kappa shape index (κ2) is 5.73. The van der Waals surface area contributed by atoms with E-state index in [9.17, 15) is 4.79 Å². The number of ketones is 1. The number of benzene rings is 2. The maximum atomic E-state index is 12.4. The molecule has 0 aliphatic heterocycles. The molecule has 0 aliphatic carbocycles. The molecular weight excluding hydrogens is 332 g/mol. The maximum Gasteiger partial charge on any atom is 0.204 e. The number of hydrogen-bond donors (Lipinski definition) is 0. The van der Waals surface area contributed by atoms with Crippen LogP contribution >= 0.6 is 27.3 Å². The Hall–Kier alpha value is -1.71. The predicted octanol–water partition coefficient (Wildman–Crippen LogP) is 5.41. The Bertz CT molecular complexity index is 729. The van der Waals surface area contributed by atoms with Crippen LogP contribution in [0.4, 0.5) is 0 Å². The van der Waals surface area contributed by atoms with Crippen molar-refractivity contribution in [3.05, 3.63) is 81.0 Å². The first-order valence-corrected chi connectivity index (χ1v) is 7.86. The van der Waals surface area contributed by atoms with Gasteiger partial charge in [-0.05, 0) is 38.5 Å². The van der Waals surface area contributed by atoms with Gasteiger partial charge in [-0.25, -0.2) is 0 Å².